The Morgan fingerprint density at radius 2 is 1.73 bits per heavy atom. The van der Waals surface area contributed by atoms with Crippen molar-refractivity contribution in [1.82, 2.24) is 10.2 Å². The predicted octanol–water partition coefficient (Wildman–Crippen LogP) is 5.63. The van der Waals surface area contributed by atoms with Crippen LogP contribution >= 0.6 is 0 Å². The van der Waals surface area contributed by atoms with Gasteiger partial charge in [0.2, 0.25) is 0 Å². The average molecular weight is 531 g/mol. The highest BCUT2D eigenvalue weighted by molar-refractivity contribution is 5.99. The third kappa shape index (κ3) is 5.87. The van der Waals surface area contributed by atoms with Crippen LogP contribution in [-0.4, -0.2) is 50.3 Å². The molecule has 0 aromatic heterocycles. The maximum Gasteiger partial charge on any atom is 0.417 e. The molecule has 0 spiro atoms. The molecular formula is C26H28F6N2O3. The molecule has 2 aliphatic heterocycles. The molecule has 2 heterocycles. The van der Waals surface area contributed by atoms with Gasteiger partial charge in [-0.2, -0.15) is 26.3 Å². The van der Waals surface area contributed by atoms with Crippen LogP contribution in [0.15, 0.2) is 42.5 Å². The maximum atomic E-state index is 14.0. The highest BCUT2D eigenvalue weighted by Gasteiger charge is 2.45. The highest BCUT2D eigenvalue weighted by atomic mass is 19.4. The van der Waals surface area contributed by atoms with E-state index in [1.165, 1.54) is 0 Å². The number of piperidine rings is 1. The fraction of sp³-hybridized carbons (Fsp3) is 0.500. The molecule has 1 unspecified atom stereocenters. The third-order valence-corrected chi connectivity index (χ3v) is 7.09. The molecule has 2 fully saturated rings. The fourth-order valence-electron chi connectivity index (χ4n) is 5.30. The molecule has 2 aromatic rings. The molecule has 37 heavy (non-hydrogen) atoms. The van der Waals surface area contributed by atoms with Crippen LogP contribution in [0, 0.1) is 0 Å². The molecule has 2 aliphatic rings. The van der Waals surface area contributed by atoms with Crippen molar-refractivity contribution < 1.29 is 40.6 Å². The molecule has 0 bridgehead atoms. The van der Waals surface area contributed by atoms with Crippen molar-refractivity contribution in [3.05, 3.63) is 64.7 Å². The first-order valence-electron chi connectivity index (χ1n) is 12.0. The molecule has 202 valence electrons. The van der Waals surface area contributed by atoms with E-state index in [4.69, 9.17) is 9.47 Å². The van der Waals surface area contributed by atoms with Crippen LogP contribution in [0.4, 0.5) is 26.3 Å². The van der Waals surface area contributed by atoms with Gasteiger partial charge in [0.15, 0.2) is 0 Å². The van der Waals surface area contributed by atoms with Gasteiger partial charge in [0.1, 0.15) is 5.75 Å². The van der Waals surface area contributed by atoms with Crippen LogP contribution in [0.3, 0.4) is 0 Å². The van der Waals surface area contributed by atoms with Gasteiger partial charge >= 0.3 is 12.4 Å². The van der Waals surface area contributed by atoms with Crippen LogP contribution in [0.2, 0.25) is 0 Å². The molecule has 5 nitrogen and oxygen atoms in total. The number of likely N-dealkylation sites (tertiary alicyclic amines) is 1. The molecule has 11 heteroatoms. The van der Waals surface area contributed by atoms with Gasteiger partial charge in [0.25, 0.3) is 5.91 Å². The zero-order chi connectivity index (χ0) is 26.8. The third-order valence-electron chi connectivity index (χ3n) is 7.09. The number of nitrogens with one attached hydrogen (secondary N) is 1. The number of halogens is 6. The van der Waals surface area contributed by atoms with Crippen molar-refractivity contribution in [3.63, 3.8) is 0 Å². The van der Waals surface area contributed by atoms with Crippen LogP contribution < -0.4 is 10.1 Å². The van der Waals surface area contributed by atoms with Gasteiger partial charge in [0.05, 0.1) is 29.3 Å². The van der Waals surface area contributed by atoms with E-state index in [9.17, 15) is 31.1 Å². The number of hydrogen-bond acceptors (Lipinski definition) is 4. The number of rotatable bonds is 5. The van der Waals surface area contributed by atoms with E-state index in [1.807, 2.05) is 0 Å². The highest BCUT2D eigenvalue weighted by Crippen LogP contribution is 2.42. The van der Waals surface area contributed by atoms with Gasteiger partial charge in [-0.25, -0.2) is 0 Å². The molecule has 1 atom stereocenters. The second-order valence-electron chi connectivity index (χ2n) is 9.42. The Labute approximate surface area is 210 Å². The summed E-state index contributed by atoms with van der Waals surface area (Å²) in [7, 11) is 0.937. The Kier molecular flexibility index (Phi) is 7.75. The summed E-state index contributed by atoms with van der Waals surface area (Å²) in [5.41, 5.74) is -4.56. The summed E-state index contributed by atoms with van der Waals surface area (Å²) in [6.45, 7) is 2.30. The molecule has 2 saturated heterocycles. The summed E-state index contributed by atoms with van der Waals surface area (Å²) >= 11 is 0. The summed E-state index contributed by atoms with van der Waals surface area (Å²) < 4.78 is 92.3. The number of alkyl halides is 6. The van der Waals surface area contributed by atoms with Crippen molar-refractivity contribution >= 4 is 5.91 Å². The lowest BCUT2D eigenvalue weighted by atomic mass is 9.80. The second kappa shape index (κ2) is 10.5. The Morgan fingerprint density at radius 3 is 2.32 bits per heavy atom. The van der Waals surface area contributed by atoms with Gasteiger partial charge < -0.3 is 14.8 Å². The van der Waals surface area contributed by atoms with Gasteiger partial charge in [-0.1, -0.05) is 30.3 Å². The van der Waals surface area contributed by atoms with Crippen LogP contribution in [0.25, 0.3) is 0 Å². The molecule has 0 saturated carbocycles. The first kappa shape index (κ1) is 27.3. The number of hydrogen-bond donors (Lipinski definition) is 1. The average Bonchev–Trinajstić information content (AvgIpc) is 2.88. The van der Waals surface area contributed by atoms with Gasteiger partial charge in [0, 0.05) is 25.8 Å². The zero-order valence-electron chi connectivity index (χ0n) is 20.2. The first-order valence-corrected chi connectivity index (χ1v) is 12.0. The number of ether oxygens (including phenoxy) is 2. The smallest absolute Gasteiger partial charge is 0.417 e. The summed E-state index contributed by atoms with van der Waals surface area (Å²) in [6.07, 6.45) is -7.56. The first-order chi connectivity index (χ1) is 17.4. The van der Waals surface area contributed by atoms with Crippen molar-refractivity contribution in [2.24, 2.45) is 0 Å². The van der Waals surface area contributed by atoms with Crippen LogP contribution in [-0.2, 0) is 22.6 Å². The molecular weight excluding hydrogens is 502 g/mol. The standard InChI is InChI=1S/C26H28F6N2O3/c1-36-21-15-18(25(27,28)29)14-20(26(30,31)32)22(21)23(35)33-24(17-6-3-2-4-7-17)10-5-11-34(16-24)19-8-12-37-13-9-19/h2-4,6-7,14-15,19H,5,8-13,16H2,1H3,(H,33,35). The molecule has 0 radical (unpaired) electrons. The Morgan fingerprint density at radius 1 is 1.05 bits per heavy atom. The minimum Gasteiger partial charge on any atom is -0.496 e. The predicted molar refractivity (Wildman–Crippen MR) is 123 cm³/mol. The topological polar surface area (TPSA) is 50.8 Å². The molecule has 1 amide bonds. The fourth-order valence-corrected chi connectivity index (χ4v) is 5.30. The van der Waals surface area contributed by atoms with Gasteiger partial charge in [-0.15, -0.1) is 0 Å². The lowest BCUT2D eigenvalue weighted by Gasteiger charge is -2.47. The molecule has 0 aliphatic carbocycles. The van der Waals surface area contributed by atoms with Crippen molar-refractivity contribution in [2.45, 2.75) is 49.6 Å². The van der Waals surface area contributed by atoms with E-state index >= 15 is 0 Å². The van der Waals surface area contributed by atoms with Crippen molar-refractivity contribution in [2.75, 3.05) is 33.4 Å². The lowest BCUT2D eigenvalue weighted by molar-refractivity contribution is -0.143. The molecule has 4 rings (SSSR count). The van der Waals surface area contributed by atoms with Crippen LogP contribution in [0.1, 0.15) is 52.7 Å². The summed E-state index contributed by atoms with van der Waals surface area (Å²) in [4.78, 5) is 15.8. The van der Waals surface area contributed by atoms with Gasteiger partial charge in [-0.05, 0) is 49.9 Å². The Bertz CT molecular complexity index is 1100. The number of carbonyl (C=O) groups excluding carboxylic acids is 1. The van der Waals surface area contributed by atoms with Crippen molar-refractivity contribution in [3.8, 4) is 5.75 Å². The molecule has 1 N–H and O–H groups in total. The van der Waals surface area contributed by atoms with E-state index in [0.29, 0.717) is 44.2 Å². The minimum atomic E-state index is -5.22. The van der Waals surface area contributed by atoms with E-state index in [0.717, 1.165) is 26.5 Å². The van der Waals surface area contributed by atoms with Gasteiger partial charge in [-0.3, -0.25) is 9.69 Å². The number of carbonyl (C=O) groups is 1. The summed E-state index contributed by atoms with van der Waals surface area (Å²) in [5.74, 6) is -1.93. The Hall–Kier alpha value is -2.79. The number of nitrogens with zero attached hydrogens (tertiary/aromatic N) is 1. The monoisotopic (exact) mass is 530 g/mol. The lowest BCUT2D eigenvalue weighted by Crippen LogP contribution is -2.59. The number of benzene rings is 2. The normalized spacial score (nSPS) is 22.0. The van der Waals surface area contributed by atoms with Crippen LogP contribution in [0.5, 0.6) is 5.75 Å². The van der Waals surface area contributed by atoms with Crippen molar-refractivity contribution in [1.29, 1.82) is 0 Å². The van der Waals surface area contributed by atoms with E-state index in [1.54, 1.807) is 30.3 Å². The molecule has 2 aromatic carbocycles. The second-order valence-corrected chi connectivity index (χ2v) is 9.42. The Balaban J connectivity index is 1.77. The zero-order valence-corrected chi connectivity index (χ0v) is 20.2. The van der Waals surface area contributed by atoms with E-state index in [2.05, 4.69) is 10.2 Å². The quantitative estimate of drug-likeness (QED) is 0.509. The summed E-state index contributed by atoms with van der Waals surface area (Å²) in [6, 6.07) is 9.51. The number of amides is 1. The number of methoxy groups -OCH3 is 1. The summed E-state index contributed by atoms with van der Waals surface area (Å²) in [5, 5.41) is 2.81. The minimum absolute atomic E-state index is 0.0399. The van der Waals surface area contributed by atoms with E-state index < -0.39 is 46.2 Å². The van der Waals surface area contributed by atoms with E-state index in [-0.39, 0.29) is 12.1 Å². The maximum absolute atomic E-state index is 14.0. The largest absolute Gasteiger partial charge is 0.496 e. The SMILES string of the molecule is COc1cc(C(F)(F)F)cc(C(F)(F)F)c1C(=O)NC1(c2ccccc2)CCCN(C2CCOCC2)C1.